The Bertz CT molecular complexity index is 728. The molecule has 2 N–H and O–H groups in total. The van der Waals surface area contributed by atoms with Gasteiger partial charge in [0.15, 0.2) is 0 Å². The predicted octanol–water partition coefficient (Wildman–Crippen LogP) is 1.53. The van der Waals surface area contributed by atoms with Crippen LogP contribution in [0.4, 0.5) is 0 Å². The summed E-state index contributed by atoms with van der Waals surface area (Å²) in [5.41, 5.74) is 6.67. The van der Waals surface area contributed by atoms with Crippen LogP contribution in [0.15, 0.2) is 29.2 Å². The first kappa shape index (κ1) is 18.4. The van der Waals surface area contributed by atoms with Crippen LogP contribution in [0.3, 0.4) is 0 Å². The monoisotopic (exact) mass is 365 g/mol. The van der Waals surface area contributed by atoms with Crippen LogP contribution < -0.4 is 5.73 Å². The zero-order chi connectivity index (χ0) is 18.2. The molecule has 6 nitrogen and oxygen atoms in total. The van der Waals surface area contributed by atoms with Crippen molar-refractivity contribution in [3.05, 3.63) is 29.8 Å². The van der Waals surface area contributed by atoms with Gasteiger partial charge >= 0.3 is 0 Å². The molecule has 138 valence electrons. The maximum atomic E-state index is 12.7. The van der Waals surface area contributed by atoms with E-state index in [0.717, 1.165) is 19.4 Å². The number of nitrogens with zero attached hydrogens (tertiary/aromatic N) is 2. The Hall–Kier alpha value is -1.44. The number of fused-ring (bicyclic) bond motifs is 1. The molecule has 1 saturated carbocycles. The maximum absolute atomic E-state index is 12.7. The minimum atomic E-state index is -3.49. The number of carbonyl (C=O) groups is 1. The van der Waals surface area contributed by atoms with E-state index in [1.54, 1.807) is 12.1 Å². The Morgan fingerprint density at radius 1 is 1.16 bits per heavy atom. The van der Waals surface area contributed by atoms with E-state index in [1.807, 2.05) is 18.7 Å². The van der Waals surface area contributed by atoms with Gasteiger partial charge in [0.1, 0.15) is 0 Å². The molecule has 0 bridgehead atoms. The number of sulfonamides is 1. The molecule has 2 aliphatic rings. The first-order valence-corrected chi connectivity index (χ1v) is 10.5. The predicted molar refractivity (Wildman–Crippen MR) is 96.6 cm³/mol. The first-order chi connectivity index (χ1) is 11.9. The first-order valence-electron chi connectivity index (χ1n) is 9.03. The average molecular weight is 365 g/mol. The number of nitrogens with two attached hydrogens (primary N) is 1. The fourth-order valence-corrected chi connectivity index (χ4v) is 5.60. The number of benzene rings is 1. The Balaban J connectivity index is 1.74. The second-order valence-corrected chi connectivity index (χ2v) is 8.93. The largest absolute Gasteiger partial charge is 0.338 e. The maximum Gasteiger partial charge on any atom is 0.253 e. The van der Waals surface area contributed by atoms with E-state index in [9.17, 15) is 13.2 Å². The molecule has 1 heterocycles. The molecule has 1 aliphatic heterocycles. The Morgan fingerprint density at radius 3 is 2.36 bits per heavy atom. The van der Waals surface area contributed by atoms with E-state index in [2.05, 4.69) is 0 Å². The van der Waals surface area contributed by atoms with Crippen LogP contribution in [-0.4, -0.2) is 55.8 Å². The molecule has 1 saturated heterocycles. The molecular formula is C18H27N3O3S. The summed E-state index contributed by atoms with van der Waals surface area (Å²) >= 11 is 0. The second kappa shape index (κ2) is 7.05. The van der Waals surface area contributed by atoms with Crippen molar-refractivity contribution in [3.63, 3.8) is 0 Å². The molecule has 0 spiro atoms. The topological polar surface area (TPSA) is 83.7 Å². The van der Waals surface area contributed by atoms with Gasteiger partial charge in [-0.3, -0.25) is 4.79 Å². The third-order valence-corrected chi connectivity index (χ3v) is 7.71. The Morgan fingerprint density at radius 2 is 1.80 bits per heavy atom. The van der Waals surface area contributed by atoms with Gasteiger partial charge in [-0.2, -0.15) is 4.31 Å². The van der Waals surface area contributed by atoms with Gasteiger partial charge in [-0.15, -0.1) is 0 Å². The van der Waals surface area contributed by atoms with E-state index >= 15 is 0 Å². The average Bonchev–Trinajstić information content (AvgIpc) is 3.17. The molecule has 3 unspecified atom stereocenters. The van der Waals surface area contributed by atoms with Crippen molar-refractivity contribution < 1.29 is 13.2 Å². The smallest absolute Gasteiger partial charge is 0.253 e. The summed E-state index contributed by atoms with van der Waals surface area (Å²) in [5.74, 6) is 0.890. The van der Waals surface area contributed by atoms with Crippen molar-refractivity contribution in [3.8, 4) is 0 Å². The summed E-state index contributed by atoms with van der Waals surface area (Å²) in [7, 11) is -3.49. The summed E-state index contributed by atoms with van der Waals surface area (Å²) in [6.07, 6.45) is 2.14. The summed E-state index contributed by atoms with van der Waals surface area (Å²) in [6.45, 7) is 5.95. The fraction of sp³-hybridized carbons (Fsp3) is 0.611. The van der Waals surface area contributed by atoms with Crippen molar-refractivity contribution in [1.82, 2.24) is 9.21 Å². The minimum Gasteiger partial charge on any atom is -0.338 e. The van der Waals surface area contributed by atoms with Crippen LogP contribution in [0.1, 0.15) is 37.0 Å². The zero-order valence-electron chi connectivity index (χ0n) is 14.9. The highest BCUT2D eigenvalue weighted by Gasteiger charge is 2.42. The van der Waals surface area contributed by atoms with E-state index < -0.39 is 10.0 Å². The lowest BCUT2D eigenvalue weighted by Gasteiger charge is -2.20. The number of hydrogen-bond acceptors (Lipinski definition) is 4. The van der Waals surface area contributed by atoms with Gasteiger partial charge in [-0.1, -0.05) is 13.8 Å². The molecule has 3 rings (SSSR count). The van der Waals surface area contributed by atoms with Gasteiger partial charge in [-0.05, 0) is 48.9 Å². The zero-order valence-corrected chi connectivity index (χ0v) is 15.7. The van der Waals surface area contributed by atoms with E-state index in [0.29, 0.717) is 37.0 Å². The lowest BCUT2D eigenvalue weighted by Crippen LogP contribution is -2.33. The van der Waals surface area contributed by atoms with Crippen molar-refractivity contribution in [2.45, 2.75) is 37.6 Å². The molecule has 0 radical (unpaired) electrons. The summed E-state index contributed by atoms with van der Waals surface area (Å²) in [4.78, 5) is 14.8. The van der Waals surface area contributed by atoms with Gasteiger partial charge in [0.2, 0.25) is 10.0 Å². The molecule has 1 aliphatic carbocycles. The van der Waals surface area contributed by atoms with Gasteiger partial charge < -0.3 is 10.6 Å². The van der Waals surface area contributed by atoms with E-state index in [-0.39, 0.29) is 16.8 Å². The summed E-state index contributed by atoms with van der Waals surface area (Å²) < 4.78 is 26.4. The highest BCUT2D eigenvalue weighted by atomic mass is 32.2. The lowest BCUT2D eigenvalue weighted by atomic mass is 9.98. The van der Waals surface area contributed by atoms with Crippen molar-refractivity contribution >= 4 is 15.9 Å². The molecular weight excluding hydrogens is 338 g/mol. The van der Waals surface area contributed by atoms with Crippen molar-refractivity contribution in [2.75, 3.05) is 26.2 Å². The highest BCUT2D eigenvalue weighted by Crippen LogP contribution is 2.37. The van der Waals surface area contributed by atoms with Crippen LogP contribution in [0.25, 0.3) is 0 Å². The second-order valence-electron chi connectivity index (χ2n) is 6.99. The number of likely N-dealkylation sites (tertiary alicyclic amines) is 1. The van der Waals surface area contributed by atoms with Gasteiger partial charge in [0.05, 0.1) is 4.90 Å². The number of carbonyl (C=O) groups excluding carboxylic acids is 1. The van der Waals surface area contributed by atoms with Gasteiger partial charge in [0.25, 0.3) is 5.91 Å². The van der Waals surface area contributed by atoms with Gasteiger partial charge in [0, 0.05) is 37.8 Å². The molecule has 25 heavy (non-hydrogen) atoms. The molecule has 2 fully saturated rings. The molecule has 7 heteroatoms. The molecule has 1 aromatic rings. The Labute approximate surface area is 150 Å². The van der Waals surface area contributed by atoms with Crippen molar-refractivity contribution in [1.29, 1.82) is 0 Å². The van der Waals surface area contributed by atoms with Crippen LogP contribution in [0, 0.1) is 11.8 Å². The molecule has 0 aromatic heterocycles. The quantitative estimate of drug-likeness (QED) is 0.858. The van der Waals surface area contributed by atoms with E-state index in [1.165, 1.54) is 16.4 Å². The lowest BCUT2D eigenvalue weighted by molar-refractivity contribution is 0.0779. The number of hydrogen-bond donors (Lipinski definition) is 1. The SMILES string of the molecule is CCN(CC)S(=O)(=O)c1ccc(C(=O)N2CC3CCC(N)C3C2)cc1. The van der Waals surface area contributed by atoms with Crippen LogP contribution >= 0.6 is 0 Å². The van der Waals surface area contributed by atoms with Crippen LogP contribution in [-0.2, 0) is 10.0 Å². The minimum absolute atomic E-state index is 0.0339. The van der Waals surface area contributed by atoms with Crippen LogP contribution in [0.2, 0.25) is 0 Å². The fourth-order valence-electron chi connectivity index (χ4n) is 4.14. The number of amides is 1. The third kappa shape index (κ3) is 3.32. The van der Waals surface area contributed by atoms with E-state index in [4.69, 9.17) is 5.73 Å². The summed E-state index contributed by atoms with van der Waals surface area (Å²) in [6, 6.07) is 6.50. The highest BCUT2D eigenvalue weighted by molar-refractivity contribution is 7.89. The summed E-state index contributed by atoms with van der Waals surface area (Å²) in [5, 5.41) is 0. The standard InChI is InChI=1S/C18H27N3O3S/c1-3-21(4-2)25(23,24)15-8-5-13(6-9-15)18(22)20-11-14-7-10-17(19)16(14)12-20/h5-6,8-9,14,16-17H,3-4,7,10-12,19H2,1-2H3. The van der Waals surface area contributed by atoms with Crippen molar-refractivity contribution in [2.24, 2.45) is 17.6 Å². The third-order valence-electron chi connectivity index (χ3n) is 5.64. The van der Waals surface area contributed by atoms with Crippen LogP contribution in [0.5, 0.6) is 0 Å². The molecule has 1 amide bonds. The Kier molecular flexibility index (Phi) is 5.18. The molecule has 3 atom stereocenters. The number of rotatable bonds is 5. The molecule has 1 aromatic carbocycles. The van der Waals surface area contributed by atoms with Gasteiger partial charge in [-0.25, -0.2) is 8.42 Å². The normalized spacial score (nSPS) is 26.2.